The standard InChI is InChI=1S/C17H11N3O2S2/c21-15-14(24-17(23)20-15)9-10-5-7-11(8-6-10)18-16-19-12-3-1-2-4-13(12)22-16/h1-9H,(H,18,19)(H,20,21,23)/b14-9-. The van der Waals surface area contributed by atoms with Gasteiger partial charge in [-0.05, 0) is 35.9 Å². The van der Waals surface area contributed by atoms with E-state index in [0.717, 1.165) is 22.4 Å². The van der Waals surface area contributed by atoms with Gasteiger partial charge in [-0.15, -0.1) is 0 Å². The molecule has 118 valence electrons. The number of nitrogens with one attached hydrogen (secondary N) is 2. The Balaban J connectivity index is 1.52. The molecule has 7 heteroatoms. The van der Waals surface area contributed by atoms with E-state index in [2.05, 4.69) is 15.6 Å². The van der Waals surface area contributed by atoms with E-state index in [4.69, 9.17) is 16.6 Å². The molecule has 2 N–H and O–H groups in total. The molecule has 1 fully saturated rings. The van der Waals surface area contributed by atoms with E-state index in [-0.39, 0.29) is 5.91 Å². The van der Waals surface area contributed by atoms with Crippen LogP contribution in [0.2, 0.25) is 0 Å². The normalized spacial score (nSPS) is 15.9. The molecular weight excluding hydrogens is 342 g/mol. The van der Waals surface area contributed by atoms with Gasteiger partial charge in [0.15, 0.2) is 5.58 Å². The van der Waals surface area contributed by atoms with E-state index in [1.807, 2.05) is 54.6 Å². The van der Waals surface area contributed by atoms with Gasteiger partial charge in [0.2, 0.25) is 0 Å². The Morgan fingerprint density at radius 1 is 1.17 bits per heavy atom. The van der Waals surface area contributed by atoms with Crippen LogP contribution in [0.5, 0.6) is 0 Å². The molecule has 4 rings (SSSR count). The topological polar surface area (TPSA) is 67.2 Å². The van der Waals surface area contributed by atoms with E-state index in [1.54, 1.807) is 0 Å². The zero-order valence-corrected chi connectivity index (χ0v) is 13.9. The minimum Gasteiger partial charge on any atom is -0.423 e. The van der Waals surface area contributed by atoms with Gasteiger partial charge < -0.3 is 15.1 Å². The number of thiocarbonyl (C=S) groups is 1. The second-order valence-electron chi connectivity index (χ2n) is 5.09. The van der Waals surface area contributed by atoms with Gasteiger partial charge >= 0.3 is 0 Å². The Kier molecular flexibility index (Phi) is 3.79. The van der Waals surface area contributed by atoms with Crippen LogP contribution in [0, 0.1) is 0 Å². The van der Waals surface area contributed by atoms with Gasteiger partial charge in [0.25, 0.3) is 11.9 Å². The Bertz CT molecular complexity index is 944. The van der Waals surface area contributed by atoms with Gasteiger partial charge in [0, 0.05) is 5.69 Å². The second kappa shape index (κ2) is 6.10. The number of oxazole rings is 1. The molecule has 0 unspecified atom stereocenters. The summed E-state index contributed by atoms with van der Waals surface area (Å²) in [5.41, 5.74) is 3.31. The van der Waals surface area contributed by atoms with Crippen molar-refractivity contribution in [1.82, 2.24) is 10.3 Å². The van der Waals surface area contributed by atoms with Crippen molar-refractivity contribution in [3.8, 4) is 0 Å². The molecule has 2 aromatic carbocycles. The number of rotatable bonds is 3. The number of carbonyl (C=O) groups is 1. The van der Waals surface area contributed by atoms with Crippen LogP contribution in [0.15, 0.2) is 57.9 Å². The van der Waals surface area contributed by atoms with Crippen LogP contribution in [0.25, 0.3) is 17.2 Å². The zero-order chi connectivity index (χ0) is 16.5. The minimum atomic E-state index is -0.154. The lowest BCUT2D eigenvalue weighted by Gasteiger charge is -2.02. The van der Waals surface area contributed by atoms with Crippen LogP contribution in [0.4, 0.5) is 11.7 Å². The number of hydrogen-bond donors (Lipinski definition) is 2. The zero-order valence-electron chi connectivity index (χ0n) is 12.3. The lowest BCUT2D eigenvalue weighted by molar-refractivity contribution is -0.115. The van der Waals surface area contributed by atoms with Crippen molar-refractivity contribution in [3.63, 3.8) is 0 Å². The summed E-state index contributed by atoms with van der Waals surface area (Å²) in [5.74, 6) is -0.154. The van der Waals surface area contributed by atoms with Crippen molar-refractivity contribution in [2.45, 2.75) is 0 Å². The maximum atomic E-state index is 11.7. The molecule has 0 aliphatic carbocycles. The number of thioether (sulfide) groups is 1. The average Bonchev–Trinajstić information content (AvgIpc) is 3.11. The van der Waals surface area contributed by atoms with Gasteiger partial charge in [0.1, 0.15) is 9.84 Å². The van der Waals surface area contributed by atoms with Gasteiger partial charge in [-0.25, -0.2) is 0 Å². The van der Waals surface area contributed by atoms with Crippen LogP contribution in [-0.4, -0.2) is 15.2 Å². The largest absolute Gasteiger partial charge is 0.423 e. The Morgan fingerprint density at radius 3 is 2.67 bits per heavy atom. The van der Waals surface area contributed by atoms with E-state index in [9.17, 15) is 4.79 Å². The molecule has 1 amide bonds. The van der Waals surface area contributed by atoms with Crippen LogP contribution in [0.1, 0.15) is 5.56 Å². The van der Waals surface area contributed by atoms with Crippen molar-refractivity contribution in [2.75, 3.05) is 5.32 Å². The van der Waals surface area contributed by atoms with Crippen LogP contribution < -0.4 is 10.6 Å². The molecule has 3 aromatic rings. The van der Waals surface area contributed by atoms with Gasteiger partial charge in [-0.3, -0.25) is 4.79 Å². The van der Waals surface area contributed by atoms with Gasteiger partial charge in [-0.1, -0.05) is 48.2 Å². The number of amides is 1. The fourth-order valence-electron chi connectivity index (χ4n) is 2.28. The summed E-state index contributed by atoms with van der Waals surface area (Å²) >= 11 is 6.24. The summed E-state index contributed by atoms with van der Waals surface area (Å²) in [6.07, 6.45) is 1.81. The lowest BCUT2D eigenvalue weighted by atomic mass is 10.2. The summed E-state index contributed by atoms with van der Waals surface area (Å²) in [6.45, 7) is 0. The molecule has 1 aromatic heterocycles. The van der Waals surface area contributed by atoms with E-state index >= 15 is 0 Å². The third-order valence-electron chi connectivity index (χ3n) is 3.40. The molecule has 5 nitrogen and oxygen atoms in total. The first kappa shape index (κ1) is 14.9. The van der Waals surface area contributed by atoms with Crippen molar-refractivity contribution in [3.05, 3.63) is 59.0 Å². The summed E-state index contributed by atoms with van der Waals surface area (Å²) in [4.78, 5) is 16.6. The molecule has 0 radical (unpaired) electrons. The van der Waals surface area contributed by atoms with Crippen molar-refractivity contribution >= 4 is 63.1 Å². The first-order chi connectivity index (χ1) is 11.7. The monoisotopic (exact) mass is 353 g/mol. The lowest BCUT2D eigenvalue weighted by Crippen LogP contribution is -2.17. The maximum Gasteiger partial charge on any atom is 0.300 e. The molecule has 0 saturated carbocycles. The number of fused-ring (bicyclic) bond motifs is 1. The maximum absolute atomic E-state index is 11.7. The fraction of sp³-hybridized carbons (Fsp3) is 0. The molecular formula is C17H11N3O2S2. The van der Waals surface area contributed by atoms with Crippen LogP contribution >= 0.6 is 24.0 Å². The quantitative estimate of drug-likeness (QED) is 0.547. The first-order valence-electron chi connectivity index (χ1n) is 7.15. The number of aromatic nitrogens is 1. The summed E-state index contributed by atoms with van der Waals surface area (Å²) in [5, 5.41) is 5.72. The van der Waals surface area contributed by atoms with Gasteiger partial charge in [0.05, 0.1) is 4.91 Å². The molecule has 1 saturated heterocycles. The molecule has 1 aliphatic heterocycles. The first-order valence-corrected chi connectivity index (χ1v) is 8.37. The summed E-state index contributed by atoms with van der Waals surface area (Å²) in [7, 11) is 0. The number of carbonyl (C=O) groups excluding carboxylic acids is 1. The number of hydrogen-bond acceptors (Lipinski definition) is 6. The molecule has 0 bridgehead atoms. The Hall–Kier alpha value is -2.64. The third kappa shape index (κ3) is 3.04. The predicted molar refractivity (Wildman–Crippen MR) is 100 cm³/mol. The summed E-state index contributed by atoms with van der Waals surface area (Å²) in [6, 6.07) is 15.7. The SMILES string of the molecule is O=C1NC(=S)S/C1=C\c1ccc(Nc2nc3ccccc3o2)cc1. The molecule has 1 aliphatic rings. The third-order valence-corrected chi connectivity index (χ3v) is 4.56. The Morgan fingerprint density at radius 2 is 1.96 bits per heavy atom. The smallest absolute Gasteiger partial charge is 0.300 e. The highest BCUT2D eigenvalue weighted by atomic mass is 32.2. The number of para-hydroxylation sites is 2. The van der Waals surface area contributed by atoms with Crippen LogP contribution in [-0.2, 0) is 4.79 Å². The fourth-order valence-corrected chi connectivity index (χ4v) is 3.33. The molecule has 2 heterocycles. The molecule has 24 heavy (non-hydrogen) atoms. The van der Waals surface area contributed by atoms with E-state index in [1.165, 1.54) is 11.8 Å². The highest BCUT2D eigenvalue weighted by Gasteiger charge is 2.21. The van der Waals surface area contributed by atoms with Crippen molar-refractivity contribution < 1.29 is 9.21 Å². The predicted octanol–water partition coefficient (Wildman–Crippen LogP) is 4.06. The van der Waals surface area contributed by atoms with Gasteiger partial charge in [-0.2, -0.15) is 4.98 Å². The average molecular weight is 353 g/mol. The van der Waals surface area contributed by atoms with Crippen molar-refractivity contribution in [1.29, 1.82) is 0 Å². The van der Waals surface area contributed by atoms with E-state index in [0.29, 0.717) is 15.2 Å². The number of benzene rings is 2. The Labute approximate surface area is 147 Å². The number of anilines is 2. The minimum absolute atomic E-state index is 0.154. The van der Waals surface area contributed by atoms with Crippen LogP contribution in [0.3, 0.4) is 0 Å². The summed E-state index contributed by atoms with van der Waals surface area (Å²) < 4.78 is 6.12. The number of nitrogens with zero attached hydrogens (tertiary/aromatic N) is 1. The second-order valence-corrected chi connectivity index (χ2v) is 6.80. The van der Waals surface area contributed by atoms with E-state index < -0.39 is 0 Å². The highest BCUT2D eigenvalue weighted by Crippen LogP contribution is 2.27. The highest BCUT2D eigenvalue weighted by molar-refractivity contribution is 8.26. The molecule has 0 atom stereocenters. The van der Waals surface area contributed by atoms with Crippen molar-refractivity contribution in [2.24, 2.45) is 0 Å². The molecule has 0 spiro atoms.